The van der Waals surface area contributed by atoms with Crippen LogP contribution in [0.3, 0.4) is 0 Å². The van der Waals surface area contributed by atoms with Crippen LogP contribution < -0.4 is 10.1 Å². The van der Waals surface area contributed by atoms with Crippen molar-refractivity contribution < 1.29 is 22.7 Å². The van der Waals surface area contributed by atoms with Gasteiger partial charge in [0.05, 0.1) is 5.56 Å². The molecule has 1 amide bonds. The van der Waals surface area contributed by atoms with Gasteiger partial charge in [0.25, 0.3) is 0 Å². The van der Waals surface area contributed by atoms with E-state index in [1.54, 1.807) is 18.2 Å². The van der Waals surface area contributed by atoms with Crippen molar-refractivity contribution in [3.05, 3.63) is 48.3 Å². The fourth-order valence-electron chi connectivity index (χ4n) is 2.87. The van der Waals surface area contributed by atoms with Gasteiger partial charge in [0.1, 0.15) is 5.75 Å². The number of hydrogen-bond donors (Lipinski definition) is 1. The first kappa shape index (κ1) is 17.3. The molecule has 7 heteroatoms. The summed E-state index contributed by atoms with van der Waals surface area (Å²) in [4.78, 5) is 15.6. The lowest BCUT2D eigenvalue weighted by Gasteiger charge is -2.13. The van der Waals surface area contributed by atoms with E-state index in [0.717, 1.165) is 37.9 Å². The Labute approximate surface area is 143 Å². The minimum absolute atomic E-state index is 0.128. The molecule has 1 heterocycles. The van der Waals surface area contributed by atoms with Crippen LogP contribution in [0.1, 0.15) is 31.2 Å². The van der Waals surface area contributed by atoms with Crippen molar-refractivity contribution in [3.8, 4) is 16.9 Å². The molecule has 0 bridgehead atoms. The third-order valence-corrected chi connectivity index (χ3v) is 4.12. The lowest BCUT2D eigenvalue weighted by Crippen LogP contribution is -2.34. The smallest absolute Gasteiger partial charge is 0.410 e. The topological polar surface area (TPSA) is 51.2 Å². The number of carbonyl (C=O) groups excluding carboxylic acids is 1. The predicted octanol–water partition coefficient (Wildman–Crippen LogP) is 4.80. The number of benzene rings is 1. The maximum atomic E-state index is 12.8. The molecular weight excluding hydrogens is 333 g/mol. The van der Waals surface area contributed by atoms with Gasteiger partial charge in [-0.25, -0.2) is 4.79 Å². The van der Waals surface area contributed by atoms with E-state index in [9.17, 15) is 18.0 Å². The van der Waals surface area contributed by atoms with Crippen molar-refractivity contribution in [2.24, 2.45) is 0 Å². The molecule has 0 radical (unpaired) electrons. The van der Waals surface area contributed by atoms with Crippen LogP contribution in [0.4, 0.5) is 18.0 Å². The summed E-state index contributed by atoms with van der Waals surface area (Å²) < 4.78 is 43.7. The van der Waals surface area contributed by atoms with Crippen molar-refractivity contribution in [3.63, 3.8) is 0 Å². The van der Waals surface area contributed by atoms with Crippen LogP contribution in [0.2, 0.25) is 0 Å². The normalized spacial score (nSPS) is 15.2. The molecule has 1 aromatic heterocycles. The summed E-state index contributed by atoms with van der Waals surface area (Å²) in [5.74, 6) is 0.269. The van der Waals surface area contributed by atoms with Crippen LogP contribution in [0, 0.1) is 0 Å². The van der Waals surface area contributed by atoms with Gasteiger partial charge in [0, 0.05) is 24.0 Å². The first-order valence-electron chi connectivity index (χ1n) is 8.03. The Hall–Kier alpha value is -2.57. The van der Waals surface area contributed by atoms with Crippen LogP contribution in [0.5, 0.6) is 5.75 Å². The van der Waals surface area contributed by atoms with Gasteiger partial charge in [0.15, 0.2) is 0 Å². The van der Waals surface area contributed by atoms with Crippen LogP contribution in [-0.2, 0) is 6.18 Å². The fraction of sp³-hybridized carbons (Fsp3) is 0.333. The second kappa shape index (κ2) is 7.13. The minimum atomic E-state index is -4.46. The molecule has 0 aliphatic heterocycles. The molecule has 0 atom stereocenters. The first-order chi connectivity index (χ1) is 11.9. The SMILES string of the molecule is O=C(NC1CCCC1)Oc1cccc(-c2cncc(C(F)(F)F)c2)c1. The lowest BCUT2D eigenvalue weighted by atomic mass is 10.1. The number of aromatic nitrogens is 1. The van der Waals surface area contributed by atoms with Crippen LogP contribution in [-0.4, -0.2) is 17.1 Å². The molecule has 1 aliphatic carbocycles. The number of alkyl halides is 3. The van der Waals surface area contributed by atoms with E-state index in [4.69, 9.17) is 4.74 Å². The second-order valence-electron chi connectivity index (χ2n) is 6.00. The van der Waals surface area contributed by atoms with E-state index >= 15 is 0 Å². The predicted molar refractivity (Wildman–Crippen MR) is 86.1 cm³/mol. The van der Waals surface area contributed by atoms with E-state index in [1.807, 2.05) is 0 Å². The summed E-state index contributed by atoms with van der Waals surface area (Å²) in [6.07, 6.45) is 1.15. The molecule has 1 aromatic carbocycles. The third-order valence-electron chi connectivity index (χ3n) is 4.12. The molecule has 0 unspecified atom stereocenters. The zero-order valence-electron chi connectivity index (χ0n) is 13.3. The first-order valence-corrected chi connectivity index (χ1v) is 8.03. The van der Waals surface area contributed by atoms with Gasteiger partial charge in [-0.2, -0.15) is 13.2 Å². The average molecular weight is 350 g/mol. The zero-order chi connectivity index (χ0) is 17.9. The Bertz CT molecular complexity index is 756. The summed E-state index contributed by atoms with van der Waals surface area (Å²) >= 11 is 0. The second-order valence-corrected chi connectivity index (χ2v) is 6.00. The van der Waals surface area contributed by atoms with Crippen LogP contribution in [0.25, 0.3) is 11.1 Å². The summed E-state index contributed by atoms with van der Waals surface area (Å²) in [6.45, 7) is 0. The van der Waals surface area contributed by atoms with Gasteiger partial charge in [-0.05, 0) is 36.6 Å². The summed E-state index contributed by atoms with van der Waals surface area (Å²) in [7, 11) is 0. The highest BCUT2D eigenvalue weighted by Gasteiger charge is 2.31. The Morgan fingerprint density at radius 2 is 1.88 bits per heavy atom. The van der Waals surface area contributed by atoms with Gasteiger partial charge in [-0.3, -0.25) is 4.98 Å². The highest BCUT2D eigenvalue weighted by molar-refractivity contribution is 5.72. The highest BCUT2D eigenvalue weighted by Crippen LogP contribution is 2.32. The summed E-state index contributed by atoms with van der Waals surface area (Å²) in [5.41, 5.74) is -0.0310. The maximum absolute atomic E-state index is 12.8. The number of ether oxygens (including phenoxy) is 1. The van der Waals surface area contributed by atoms with Crippen molar-refractivity contribution in [2.45, 2.75) is 37.9 Å². The van der Waals surface area contributed by atoms with Gasteiger partial charge in [0.2, 0.25) is 0 Å². The Kier molecular flexibility index (Phi) is 4.92. The van der Waals surface area contributed by atoms with Gasteiger partial charge in [-0.15, -0.1) is 0 Å². The van der Waals surface area contributed by atoms with E-state index in [-0.39, 0.29) is 11.8 Å². The molecule has 0 spiro atoms. The standard InChI is InChI=1S/C18H17F3N2O2/c19-18(20,21)14-8-13(10-22-11-14)12-4-3-7-16(9-12)25-17(24)23-15-5-1-2-6-15/h3-4,7-11,15H,1-2,5-6H2,(H,23,24). The average Bonchev–Trinajstić information content (AvgIpc) is 3.07. The van der Waals surface area contributed by atoms with Crippen LogP contribution in [0.15, 0.2) is 42.7 Å². The molecule has 1 aliphatic rings. The van der Waals surface area contributed by atoms with Crippen molar-refractivity contribution >= 4 is 6.09 Å². The molecule has 132 valence electrons. The number of nitrogens with one attached hydrogen (secondary N) is 1. The molecule has 1 fully saturated rings. The Morgan fingerprint density at radius 1 is 1.12 bits per heavy atom. The third kappa shape index (κ3) is 4.49. The summed E-state index contributed by atoms with van der Waals surface area (Å²) in [6, 6.07) is 7.50. The van der Waals surface area contributed by atoms with Gasteiger partial charge >= 0.3 is 12.3 Å². The Morgan fingerprint density at radius 3 is 2.60 bits per heavy atom. The molecule has 1 N–H and O–H groups in total. The van der Waals surface area contributed by atoms with E-state index in [2.05, 4.69) is 10.3 Å². The molecule has 0 saturated heterocycles. The molecule has 1 saturated carbocycles. The fourth-order valence-corrected chi connectivity index (χ4v) is 2.87. The lowest BCUT2D eigenvalue weighted by molar-refractivity contribution is -0.137. The Balaban J connectivity index is 1.74. The largest absolute Gasteiger partial charge is 0.417 e. The summed E-state index contributed by atoms with van der Waals surface area (Å²) in [5, 5.41) is 2.79. The number of rotatable bonds is 3. The van der Waals surface area contributed by atoms with Crippen molar-refractivity contribution in [2.75, 3.05) is 0 Å². The number of carbonyl (C=O) groups is 1. The molecular formula is C18H17F3N2O2. The number of halogens is 3. The van der Waals surface area contributed by atoms with Crippen molar-refractivity contribution in [1.29, 1.82) is 0 Å². The van der Waals surface area contributed by atoms with Crippen molar-refractivity contribution in [1.82, 2.24) is 10.3 Å². The quantitative estimate of drug-likeness (QED) is 0.865. The van der Waals surface area contributed by atoms with E-state index < -0.39 is 17.8 Å². The zero-order valence-corrected chi connectivity index (χ0v) is 13.3. The van der Waals surface area contributed by atoms with E-state index in [1.165, 1.54) is 12.3 Å². The number of nitrogens with zero attached hydrogens (tertiary/aromatic N) is 1. The monoisotopic (exact) mass is 350 g/mol. The highest BCUT2D eigenvalue weighted by atomic mass is 19.4. The number of amides is 1. The minimum Gasteiger partial charge on any atom is -0.410 e. The van der Waals surface area contributed by atoms with Crippen LogP contribution >= 0.6 is 0 Å². The molecule has 25 heavy (non-hydrogen) atoms. The molecule has 2 aromatic rings. The van der Waals surface area contributed by atoms with Gasteiger partial charge < -0.3 is 10.1 Å². The molecule has 4 nitrogen and oxygen atoms in total. The molecule has 3 rings (SSSR count). The number of hydrogen-bond acceptors (Lipinski definition) is 3. The maximum Gasteiger partial charge on any atom is 0.417 e. The number of pyridine rings is 1. The van der Waals surface area contributed by atoms with Gasteiger partial charge in [-0.1, -0.05) is 25.0 Å². The van der Waals surface area contributed by atoms with E-state index in [0.29, 0.717) is 11.1 Å².